The molecular formula is C15H14Cl2N4. The van der Waals surface area contributed by atoms with Crippen molar-refractivity contribution in [3.8, 4) is 11.3 Å². The van der Waals surface area contributed by atoms with Crippen molar-refractivity contribution >= 4 is 40.4 Å². The molecule has 6 heteroatoms. The van der Waals surface area contributed by atoms with E-state index >= 15 is 0 Å². The number of benzene rings is 1. The SMILES string of the molecule is CN(C)c1ccc(-c2nc3c(Cl)cc(Cl)cn3c2N)cc1. The molecule has 2 N–H and O–H groups in total. The number of aromatic nitrogens is 2. The van der Waals surface area contributed by atoms with E-state index in [1.54, 1.807) is 16.7 Å². The zero-order valence-corrected chi connectivity index (χ0v) is 13.2. The van der Waals surface area contributed by atoms with Crippen LogP contribution in [-0.4, -0.2) is 23.5 Å². The second-order valence-corrected chi connectivity index (χ2v) is 5.83. The minimum Gasteiger partial charge on any atom is -0.383 e. The van der Waals surface area contributed by atoms with Gasteiger partial charge in [0.1, 0.15) is 11.5 Å². The molecule has 0 amide bonds. The Kier molecular flexibility index (Phi) is 3.43. The molecule has 3 aromatic rings. The van der Waals surface area contributed by atoms with Gasteiger partial charge in [-0.05, 0) is 18.2 Å². The second-order valence-electron chi connectivity index (χ2n) is 4.99. The third kappa shape index (κ3) is 2.41. The number of halogens is 2. The van der Waals surface area contributed by atoms with Crippen LogP contribution < -0.4 is 10.6 Å². The summed E-state index contributed by atoms with van der Waals surface area (Å²) in [5.41, 5.74) is 9.53. The number of pyridine rings is 1. The van der Waals surface area contributed by atoms with Gasteiger partial charge in [-0.25, -0.2) is 4.98 Å². The van der Waals surface area contributed by atoms with Crippen molar-refractivity contribution in [3.63, 3.8) is 0 Å². The highest BCUT2D eigenvalue weighted by Crippen LogP contribution is 2.31. The first-order valence-corrected chi connectivity index (χ1v) is 7.13. The Bertz CT molecular complexity index is 807. The van der Waals surface area contributed by atoms with Gasteiger partial charge in [0.25, 0.3) is 0 Å². The first-order valence-electron chi connectivity index (χ1n) is 6.37. The first-order chi connectivity index (χ1) is 9.97. The fourth-order valence-corrected chi connectivity index (χ4v) is 2.73. The molecule has 0 saturated heterocycles. The van der Waals surface area contributed by atoms with E-state index < -0.39 is 0 Å². The molecule has 0 radical (unpaired) electrons. The summed E-state index contributed by atoms with van der Waals surface area (Å²) in [6.45, 7) is 0. The van der Waals surface area contributed by atoms with Crippen molar-refractivity contribution in [2.75, 3.05) is 24.7 Å². The van der Waals surface area contributed by atoms with E-state index in [0.29, 0.717) is 27.2 Å². The predicted octanol–water partition coefficient (Wildman–Crippen LogP) is 3.96. The first kappa shape index (κ1) is 14.0. The van der Waals surface area contributed by atoms with E-state index in [1.165, 1.54) is 0 Å². The minimum atomic E-state index is 0.477. The van der Waals surface area contributed by atoms with Crippen LogP contribution in [0.15, 0.2) is 36.5 Å². The van der Waals surface area contributed by atoms with Crippen LogP contribution in [0.4, 0.5) is 11.5 Å². The van der Waals surface area contributed by atoms with Crippen molar-refractivity contribution < 1.29 is 0 Å². The summed E-state index contributed by atoms with van der Waals surface area (Å²) in [6, 6.07) is 9.68. The number of nitrogens with two attached hydrogens (primary N) is 1. The monoisotopic (exact) mass is 320 g/mol. The van der Waals surface area contributed by atoms with Gasteiger partial charge < -0.3 is 10.6 Å². The van der Waals surface area contributed by atoms with Crippen LogP contribution in [0.3, 0.4) is 0 Å². The number of fused-ring (bicyclic) bond motifs is 1. The zero-order valence-electron chi connectivity index (χ0n) is 11.6. The van der Waals surface area contributed by atoms with E-state index in [9.17, 15) is 0 Å². The van der Waals surface area contributed by atoms with Crippen molar-refractivity contribution in [1.29, 1.82) is 0 Å². The van der Waals surface area contributed by atoms with Gasteiger partial charge in [0.15, 0.2) is 5.65 Å². The lowest BCUT2D eigenvalue weighted by Crippen LogP contribution is -2.07. The molecule has 21 heavy (non-hydrogen) atoms. The molecule has 2 aromatic heterocycles. The predicted molar refractivity (Wildman–Crippen MR) is 89.4 cm³/mol. The van der Waals surface area contributed by atoms with Crippen LogP contribution in [0, 0.1) is 0 Å². The lowest BCUT2D eigenvalue weighted by atomic mass is 10.1. The summed E-state index contributed by atoms with van der Waals surface area (Å²) >= 11 is 12.2. The van der Waals surface area contributed by atoms with Crippen LogP contribution in [0.1, 0.15) is 0 Å². The standard InChI is InChI=1S/C15H14Cl2N4/c1-20(2)11-5-3-9(4-6-11)13-14(18)21-8-10(16)7-12(17)15(21)19-13/h3-8H,18H2,1-2H3. The molecule has 3 rings (SSSR count). The van der Waals surface area contributed by atoms with Gasteiger partial charge in [-0.3, -0.25) is 4.40 Å². The normalized spacial score (nSPS) is 11.0. The number of imidazole rings is 1. The maximum Gasteiger partial charge on any atom is 0.158 e. The van der Waals surface area contributed by atoms with Crippen LogP contribution >= 0.6 is 23.2 Å². The summed E-state index contributed by atoms with van der Waals surface area (Å²) in [6.07, 6.45) is 1.71. The van der Waals surface area contributed by atoms with E-state index in [-0.39, 0.29) is 0 Å². The quantitative estimate of drug-likeness (QED) is 0.777. The highest BCUT2D eigenvalue weighted by molar-refractivity contribution is 6.36. The Hall–Kier alpha value is -1.91. The van der Waals surface area contributed by atoms with Gasteiger partial charge in [0.05, 0.1) is 10.0 Å². The summed E-state index contributed by atoms with van der Waals surface area (Å²) in [5.74, 6) is 0.520. The van der Waals surface area contributed by atoms with Crippen molar-refractivity contribution in [2.45, 2.75) is 0 Å². The molecule has 0 aliphatic rings. The highest BCUT2D eigenvalue weighted by Gasteiger charge is 2.14. The molecule has 1 aromatic carbocycles. The van der Waals surface area contributed by atoms with Gasteiger partial charge >= 0.3 is 0 Å². The average molecular weight is 321 g/mol. The number of hydrogen-bond acceptors (Lipinski definition) is 3. The molecule has 0 aliphatic carbocycles. The summed E-state index contributed by atoms with van der Waals surface area (Å²) in [5, 5.41) is 0.997. The number of anilines is 2. The largest absolute Gasteiger partial charge is 0.383 e. The summed E-state index contributed by atoms with van der Waals surface area (Å²) < 4.78 is 1.71. The second kappa shape index (κ2) is 5.13. The molecule has 4 nitrogen and oxygen atoms in total. The van der Waals surface area contributed by atoms with Gasteiger partial charge in [-0.15, -0.1) is 0 Å². The topological polar surface area (TPSA) is 46.6 Å². The maximum atomic E-state index is 6.18. The van der Waals surface area contributed by atoms with Gasteiger partial charge in [0.2, 0.25) is 0 Å². The molecule has 2 heterocycles. The fourth-order valence-electron chi connectivity index (χ4n) is 2.22. The Morgan fingerprint density at radius 2 is 1.81 bits per heavy atom. The zero-order chi connectivity index (χ0) is 15.1. The summed E-state index contributed by atoms with van der Waals surface area (Å²) in [7, 11) is 3.99. The smallest absolute Gasteiger partial charge is 0.158 e. The molecule has 0 spiro atoms. The molecular weight excluding hydrogens is 307 g/mol. The third-order valence-corrected chi connectivity index (χ3v) is 3.82. The Balaban J connectivity index is 2.16. The lowest BCUT2D eigenvalue weighted by molar-refractivity contribution is 1.13. The van der Waals surface area contributed by atoms with Gasteiger partial charge in [-0.1, -0.05) is 35.3 Å². The van der Waals surface area contributed by atoms with Crippen LogP contribution in [0.5, 0.6) is 0 Å². The number of rotatable bonds is 2. The Labute approximate surface area is 132 Å². The van der Waals surface area contributed by atoms with E-state index in [4.69, 9.17) is 28.9 Å². The maximum absolute atomic E-state index is 6.18. The Morgan fingerprint density at radius 3 is 2.43 bits per heavy atom. The lowest BCUT2D eigenvalue weighted by Gasteiger charge is -2.12. The summed E-state index contributed by atoms with van der Waals surface area (Å²) in [4.78, 5) is 6.57. The van der Waals surface area contributed by atoms with Crippen molar-refractivity contribution in [1.82, 2.24) is 9.38 Å². The highest BCUT2D eigenvalue weighted by atomic mass is 35.5. The number of nitrogen functional groups attached to an aromatic ring is 1. The fraction of sp³-hybridized carbons (Fsp3) is 0.133. The van der Waals surface area contributed by atoms with Crippen LogP contribution in [-0.2, 0) is 0 Å². The minimum absolute atomic E-state index is 0.477. The molecule has 0 bridgehead atoms. The van der Waals surface area contributed by atoms with E-state index in [0.717, 1.165) is 11.3 Å². The number of nitrogens with zero attached hydrogens (tertiary/aromatic N) is 3. The van der Waals surface area contributed by atoms with E-state index in [1.807, 2.05) is 43.3 Å². The average Bonchev–Trinajstić information content (AvgIpc) is 2.77. The molecule has 0 unspecified atom stereocenters. The third-order valence-electron chi connectivity index (χ3n) is 3.34. The molecule has 0 saturated carbocycles. The van der Waals surface area contributed by atoms with Gasteiger partial charge in [-0.2, -0.15) is 0 Å². The molecule has 0 aliphatic heterocycles. The van der Waals surface area contributed by atoms with E-state index in [2.05, 4.69) is 4.98 Å². The van der Waals surface area contributed by atoms with Gasteiger partial charge in [0, 0.05) is 31.5 Å². The van der Waals surface area contributed by atoms with Crippen LogP contribution in [0.2, 0.25) is 10.0 Å². The van der Waals surface area contributed by atoms with Crippen LogP contribution in [0.25, 0.3) is 16.9 Å². The van der Waals surface area contributed by atoms with Crippen molar-refractivity contribution in [2.24, 2.45) is 0 Å². The van der Waals surface area contributed by atoms with Crippen molar-refractivity contribution in [3.05, 3.63) is 46.6 Å². The molecule has 0 fully saturated rings. The molecule has 0 atom stereocenters. The Morgan fingerprint density at radius 1 is 1.14 bits per heavy atom. The molecule has 108 valence electrons. The number of hydrogen-bond donors (Lipinski definition) is 1.